The van der Waals surface area contributed by atoms with E-state index in [-0.39, 0.29) is 5.92 Å². The Balaban J connectivity index is 1.97. The topological polar surface area (TPSA) is 17.1 Å². The minimum Gasteiger partial charge on any atom is -0.294 e. The molecule has 16 heavy (non-hydrogen) atoms. The maximum absolute atomic E-state index is 11.9. The molecule has 2 atom stereocenters. The highest BCUT2D eigenvalue weighted by molar-refractivity contribution is 8.21. The monoisotopic (exact) mass is 270 g/mol. The predicted octanol–water partition coefficient (Wildman–Crippen LogP) is 3.99. The largest absolute Gasteiger partial charge is 0.294 e. The summed E-state index contributed by atoms with van der Waals surface area (Å²) in [4.78, 5) is 13.3. The first-order valence-electron chi connectivity index (χ1n) is 5.13. The van der Waals surface area contributed by atoms with Crippen LogP contribution in [-0.4, -0.2) is 18.3 Å². The molecule has 4 heteroatoms. The molecule has 0 radical (unpaired) electrons. The Morgan fingerprint density at radius 1 is 1.50 bits per heavy atom. The van der Waals surface area contributed by atoms with E-state index in [1.807, 2.05) is 18.6 Å². The van der Waals surface area contributed by atoms with Crippen LogP contribution in [0.1, 0.15) is 17.2 Å². The summed E-state index contributed by atoms with van der Waals surface area (Å²) in [5.41, 5.74) is 0. The molecule has 0 amide bonds. The average molecular weight is 270 g/mol. The second-order valence-corrected chi connectivity index (χ2v) is 6.67. The van der Waals surface area contributed by atoms with Crippen molar-refractivity contribution in [3.05, 3.63) is 32.7 Å². The molecule has 0 bridgehead atoms. The number of rotatable bonds is 5. The van der Waals surface area contributed by atoms with Crippen molar-refractivity contribution in [1.82, 2.24) is 0 Å². The van der Waals surface area contributed by atoms with Crippen LogP contribution in [0.2, 0.25) is 0 Å². The van der Waals surface area contributed by atoms with E-state index in [9.17, 15) is 4.79 Å². The van der Waals surface area contributed by atoms with Crippen molar-refractivity contribution in [1.29, 1.82) is 0 Å². The Morgan fingerprint density at radius 3 is 2.81 bits per heavy atom. The Hall–Kier alpha value is -0.190. The van der Waals surface area contributed by atoms with Gasteiger partial charge in [0.1, 0.15) is 0 Å². The molecule has 1 aromatic heterocycles. The molecule has 1 aromatic rings. The summed E-state index contributed by atoms with van der Waals surface area (Å²) >= 11 is 5.06. The zero-order valence-electron chi connectivity index (χ0n) is 9.30. The fourth-order valence-electron chi connectivity index (χ4n) is 1.75. The van der Waals surface area contributed by atoms with E-state index >= 15 is 0 Å². The van der Waals surface area contributed by atoms with Crippen LogP contribution >= 0.6 is 34.9 Å². The molecule has 0 aliphatic heterocycles. The van der Waals surface area contributed by atoms with Crippen molar-refractivity contribution in [2.45, 2.75) is 12.3 Å². The Labute approximate surface area is 109 Å². The van der Waals surface area contributed by atoms with Gasteiger partial charge in [-0.05, 0) is 30.4 Å². The van der Waals surface area contributed by atoms with E-state index < -0.39 is 0 Å². The van der Waals surface area contributed by atoms with Crippen molar-refractivity contribution >= 4 is 40.6 Å². The van der Waals surface area contributed by atoms with Crippen LogP contribution in [0.25, 0.3) is 0 Å². The number of thioether (sulfide) groups is 2. The van der Waals surface area contributed by atoms with Gasteiger partial charge < -0.3 is 0 Å². The van der Waals surface area contributed by atoms with Crippen LogP contribution in [0.5, 0.6) is 0 Å². The lowest BCUT2D eigenvalue weighted by molar-refractivity contribution is -0.115. The van der Waals surface area contributed by atoms with Gasteiger partial charge in [-0.3, -0.25) is 4.79 Å². The molecule has 1 aliphatic carbocycles. The van der Waals surface area contributed by atoms with Crippen LogP contribution in [0.3, 0.4) is 0 Å². The van der Waals surface area contributed by atoms with Crippen molar-refractivity contribution in [3.63, 3.8) is 0 Å². The van der Waals surface area contributed by atoms with Crippen LogP contribution in [-0.2, 0) is 4.79 Å². The van der Waals surface area contributed by atoms with Gasteiger partial charge in [-0.1, -0.05) is 6.07 Å². The molecule has 86 valence electrons. The van der Waals surface area contributed by atoms with Crippen LogP contribution in [0.15, 0.2) is 27.8 Å². The van der Waals surface area contributed by atoms with E-state index in [0.717, 1.165) is 10.7 Å². The fraction of sp³-hybridized carbons (Fsp3) is 0.417. The lowest BCUT2D eigenvalue weighted by Gasteiger charge is -1.98. The van der Waals surface area contributed by atoms with E-state index in [1.54, 1.807) is 34.9 Å². The fourth-order valence-corrected chi connectivity index (χ4v) is 3.79. The minimum absolute atomic E-state index is 0.243. The first kappa shape index (κ1) is 12.3. The van der Waals surface area contributed by atoms with Crippen LogP contribution in [0, 0.1) is 5.92 Å². The van der Waals surface area contributed by atoms with Gasteiger partial charge in [0.2, 0.25) is 0 Å². The molecule has 0 aromatic carbocycles. The predicted molar refractivity (Wildman–Crippen MR) is 75.3 cm³/mol. The molecular formula is C12H14OS3. The number of ketones is 1. The second-order valence-electron chi connectivity index (χ2n) is 3.74. The van der Waals surface area contributed by atoms with E-state index in [0.29, 0.717) is 11.7 Å². The zero-order chi connectivity index (χ0) is 11.5. The molecule has 2 unspecified atom stereocenters. The minimum atomic E-state index is 0.243. The van der Waals surface area contributed by atoms with E-state index in [4.69, 9.17) is 0 Å². The summed E-state index contributed by atoms with van der Waals surface area (Å²) < 4.78 is 1.11. The third-order valence-corrected chi connectivity index (χ3v) is 5.77. The third kappa shape index (κ3) is 2.73. The summed E-state index contributed by atoms with van der Waals surface area (Å²) in [6.45, 7) is 0. The summed E-state index contributed by atoms with van der Waals surface area (Å²) in [7, 11) is 0. The first-order chi connectivity index (χ1) is 7.76. The molecular weight excluding hydrogens is 256 g/mol. The standard InChI is InChI=1S/C12H14OS3/c1-14-12(15-2)7-10(13)8-6-9(8)11-4-3-5-16-11/h3-5,7-9H,6H2,1-2H3. The van der Waals surface area contributed by atoms with E-state index in [2.05, 4.69) is 17.5 Å². The summed E-state index contributed by atoms with van der Waals surface area (Å²) in [6, 6.07) is 4.20. The van der Waals surface area contributed by atoms with Gasteiger partial charge in [-0.25, -0.2) is 0 Å². The van der Waals surface area contributed by atoms with Crippen molar-refractivity contribution in [2.75, 3.05) is 12.5 Å². The summed E-state index contributed by atoms with van der Waals surface area (Å²) in [6.07, 6.45) is 6.87. The van der Waals surface area contributed by atoms with Gasteiger partial charge in [0, 0.05) is 27.0 Å². The maximum atomic E-state index is 11.9. The van der Waals surface area contributed by atoms with Gasteiger partial charge in [0.15, 0.2) is 5.78 Å². The lowest BCUT2D eigenvalue weighted by Crippen LogP contribution is -1.97. The van der Waals surface area contributed by atoms with Gasteiger partial charge in [0.05, 0.1) is 0 Å². The highest BCUT2D eigenvalue weighted by Gasteiger charge is 2.43. The Kier molecular flexibility index (Phi) is 4.16. The number of allylic oxidation sites excluding steroid dienone is 1. The molecule has 1 heterocycles. The first-order valence-corrected chi connectivity index (χ1v) is 8.46. The van der Waals surface area contributed by atoms with Gasteiger partial charge in [-0.2, -0.15) is 0 Å². The Bertz CT molecular complexity index is 388. The summed E-state index contributed by atoms with van der Waals surface area (Å²) in [5, 5.41) is 2.08. The summed E-state index contributed by atoms with van der Waals surface area (Å²) in [5.74, 6) is 1.04. The van der Waals surface area contributed by atoms with Gasteiger partial charge >= 0.3 is 0 Å². The molecule has 1 fully saturated rings. The van der Waals surface area contributed by atoms with Gasteiger partial charge in [-0.15, -0.1) is 34.9 Å². The van der Waals surface area contributed by atoms with Crippen molar-refractivity contribution in [3.8, 4) is 0 Å². The SMILES string of the molecule is CSC(=CC(=O)C1CC1c1cccs1)SC. The lowest BCUT2D eigenvalue weighted by atomic mass is 10.2. The number of hydrogen-bond acceptors (Lipinski definition) is 4. The van der Waals surface area contributed by atoms with Gasteiger partial charge in [0.25, 0.3) is 0 Å². The van der Waals surface area contributed by atoms with Crippen LogP contribution in [0.4, 0.5) is 0 Å². The van der Waals surface area contributed by atoms with Crippen LogP contribution < -0.4 is 0 Å². The van der Waals surface area contributed by atoms with Crippen molar-refractivity contribution < 1.29 is 4.79 Å². The zero-order valence-corrected chi connectivity index (χ0v) is 11.8. The van der Waals surface area contributed by atoms with Crippen molar-refractivity contribution in [2.24, 2.45) is 5.92 Å². The highest BCUT2D eigenvalue weighted by atomic mass is 32.2. The molecule has 2 rings (SSSR count). The molecule has 0 spiro atoms. The number of carbonyl (C=O) groups is 1. The molecule has 0 saturated heterocycles. The normalized spacial score (nSPS) is 22.9. The van der Waals surface area contributed by atoms with E-state index in [1.165, 1.54) is 4.88 Å². The third-order valence-electron chi connectivity index (χ3n) is 2.73. The molecule has 1 aliphatic rings. The number of thiophene rings is 1. The number of hydrogen-bond donors (Lipinski definition) is 0. The molecule has 0 N–H and O–H groups in total. The molecule has 1 nitrogen and oxygen atoms in total. The second kappa shape index (κ2) is 5.43. The maximum Gasteiger partial charge on any atom is 0.161 e. The highest BCUT2D eigenvalue weighted by Crippen LogP contribution is 2.50. The quantitative estimate of drug-likeness (QED) is 0.753. The smallest absolute Gasteiger partial charge is 0.161 e. The average Bonchev–Trinajstić information content (AvgIpc) is 2.92. The Morgan fingerprint density at radius 2 is 2.25 bits per heavy atom. The number of carbonyl (C=O) groups excluding carboxylic acids is 1. The molecule has 1 saturated carbocycles.